The minimum atomic E-state index is 0.256. The molecule has 0 N–H and O–H groups in total. The maximum absolute atomic E-state index is 7.96. The van der Waals surface area contributed by atoms with Crippen LogP contribution >= 0.6 is 7.92 Å². The second-order valence-corrected chi connectivity index (χ2v) is 6.89. The molecule has 0 amide bonds. The maximum Gasteiger partial charge on any atom is 0.0273 e. The van der Waals surface area contributed by atoms with Crippen molar-refractivity contribution >= 4 is 7.92 Å². The molecule has 4 fully saturated rings. The summed E-state index contributed by atoms with van der Waals surface area (Å²) in [5.41, 5.74) is 1.00. The van der Waals surface area contributed by atoms with Gasteiger partial charge in [-0.25, -0.2) is 0 Å². The molecule has 0 radical (unpaired) electrons. The predicted octanol–water partition coefficient (Wildman–Crippen LogP) is 2.38. The molecule has 0 nitrogen and oxygen atoms in total. The third-order valence-corrected chi connectivity index (χ3v) is 5.66. The summed E-state index contributed by atoms with van der Waals surface area (Å²) >= 11 is 0. The van der Waals surface area contributed by atoms with E-state index in [-0.39, 0.29) is 7.92 Å². The molecule has 0 aromatic heterocycles. The largest absolute Gasteiger partial charge is 0.109 e. The SMILES string of the molecule is [2H]C1C2CC3C1C3C2P(C)C. The third kappa shape index (κ3) is 0.503. The molecule has 0 saturated heterocycles. The fraction of sp³-hybridized carbons (Fsp3) is 1.00. The highest BCUT2D eigenvalue weighted by Gasteiger charge is 2.68. The van der Waals surface area contributed by atoms with Gasteiger partial charge in [-0.05, 0) is 55.5 Å². The maximum atomic E-state index is 7.96. The van der Waals surface area contributed by atoms with Gasteiger partial charge in [-0.1, -0.05) is 0 Å². The van der Waals surface area contributed by atoms with Crippen molar-refractivity contribution < 1.29 is 1.37 Å². The van der Waals surface area contributed by atoms with Crippen molar-refractivity contribution in [2.75, 3.05) is 13.3 Å². The van der Waals surface area contributed by atoms with E-state index in [1.807, 2.05) is 0 Å². The molecule has 6 atom stereocenters. The fourth-order valence-corrected chi connectivity index (χ4v) is 5.53. The Kier molecular flexibility index (Phi) is 0.826. The highest BCUT2D eigenvalue weighted by molar-refractivity contribution is 7.56. The zero-order valence-electron chi connectivity index (χ0n) is 7.62. The van der Waals surface area contributed by atoms with Crippen molar-refractivity contribution in [1.82, 2.24) is 0 Å². The Morgan fingerprint density at radius 3 is 2.40 bits per heavy atom. The monoisotopic (exact) mass is 155 g/mol. The lowest BCUT2D eigenvalue weighted by Gasteiger charge is -2.18. The van der Waals surface area contributed by atoms with E-state index in [0.29, 0.717) is 6.40 Å². The number of hydrogen-bond donors (Lipinski definition) is 0. The van der Waals surface area contributed by atoms with E-state index in [2.05, 4.69) is 13.3 Å². The molecule has 4 aliphatic rings. The molecule has 0 heterocycles. The Morgan fingerprint density at radius 1 is 1.40 bits per heavy atom. The van der Waals surface area contributed by atoms with Gasteiger partial charge < -0.3 is 0 Å². The molecule has 0 spiro atoms. The van der Waals surface area contributed by atoms with E-state index in [9.17, 15) is 0 Å². The van der Waals surface area contributed by atoms with Crippen LogP contribution in [0, 0.1) is 23.7 Å². The van der Waals surface area contributed by atoms with E-state index in [1.54, 1.807) is 0 Å². The van der Waals surface area contributed by atoms with Gasteiger partial charge >= 0.3 is 0 Å². The Bertz CT molecular complexity index is 204. The molecule has 6 unspecified atom stereocenters. The summed E-state index contributed by atoms with van der Waals surface area (Å²) in [5, 5.41) is 0. The van der Waals surface area contributed by atoms with Crippen molar-refractivity contribution in [2.45, 2.75) is 18.5 Å². The van der Waals surface area contributed by atoms with Crippen molar-refractivity contribution in [3.63, 3.8) is 0 Å². The van der Waals surface area contributed by atoms with Crippen molar-refractivity contribution in [2.24, 2.45) is 23.7 Å². The van der Waals surface area contributed by atoms with Gasteiger partial charge in [-0.3, -0.25) is 0 Å². The Morgan fingerprint density at radius 2 is 2.20 bits per heavy atom. The lowest BCUT2D eigenvalue weighted by atomic mass is 10.1. The van der Waals surface area contributed by atoms with Crippen LogP contribution in [0.3, 0.4) is 0 Å². The molecule has 56 valence electrons. The molecule has 4 saturated carbocycles. The second-order valence-electron chi connectivity index (χ2n) is 4.36. The first kappa shape index (κ1) is 5.14. The average molecular weight is 155 g/mol. The van der Waals surface area contributed by atoms with Gasteiger partial charge in [-0.15, -0.1) is 7.92 Å². The molecule has 4 aliphatic carbocycles. The molecular formula is C9H15P. The van der Waals surface area contributed by atoms with E-state index in [4.69, 9.17) is 1.37 Å². The Hall–Kier alpha value is 0.430. The van der Waals surface area contributed by atoms with Gasteiger partial charge in [-0.2, -0.15) is 0 Å². The molecule has 0 aromatic carbocycles. The van der Waals surface area contributed by atoms with Crippen LogP contribution < -0.4 is 0 Å². The smallest absolute Gasteiger partial charge is 0.0273 e. The van der Waals surface area contributed by atoms with Gasteiger partial charge in [0.1, 0.15) is 0 Å². The highest BCUT2D eigenvalue weighted by Crippen LogP contribution is 2.76. The first-order chi connectivity index (χ1) is 5.22. The Balaban J connectivity index is 1.92. The van der Waals surface area contributed by atoms with Gasteiger partial charge in [0, 0.05) is 1.37 Å². The summed E-state index contributed by atoms with van der Waals surface area (Å²) < 4.78 is 7.96. The molecule has 0 aromatic rings. The van der Waals surface area contributed by atoms with Gasteiger partial charge in [0.2, 0.25) is 0 Å². The number of rotatable bonds is 1. The molecular weight excluding hydrogens is 139 g/mol. The van der Waals surface area contributed by atoms with E-state index < -0.39 is 0 Å². The summed E-state index contributed by atoms with van der Waals surface area (Å²) in [7, 11) is 0.256. The van der Waals surface area contributed by atoms with Crippen LogP contribution in [-0.2, 0) is 0 Å². The van der Waals surface area contributed by atoms with Crippen LogP contribution in [0.1, 0.15) is 14.2 Å². The van der Waals surface area contributed by atoms with Gasteiger partial charge in [0.05, 0.1) is 0 Å². The van der Waals surface area contributed by atoms with Crippen molar-refractivity contribution in [3.8, 4) is 0 Å². The summed E-state index contributed by atoms with van der Waals surface area (Å²) in [6.07, 6.45) is 1.79. The molecule has 1 heteroatoms. The Labute approximate surface area is 65.5 Å². The van der Waals surface area contributed by atoms with Gasteiger partial charge in [0.15, 0.2) is 0 Å². The van der Waals surface area contributed by atoms with Crippen LogP contribution in [-0.4, -0.2) is 19.0 Å². The zero-order valence-corrected chi connectivity index (χ0v) is 7.51. The molecule has 10 heavy (non-hydrogen) atoms. The first-order valence-electron chi connectivity index (χ1n) is 4.88. The van der Waals surface area contributed by atoms with Crippen LogP contribution in [0.25, 0.3) is 0 Å². The zero-order chi connectivity index (χ0) is 7.75. The standard InChI is InChI=1S/C9H15P/c1-10(2)9-5-3-6-7(4-5)8(6)9/h5-9H,3-4H2,1-2H3/i3D. The minimum Gasteiger partial charge on any atom is -0.109 e. The van der Waals surface area contributed by atoms with Crippen LogP contribution in [0.4, 0.5) is 0 Å². The summed E-state index contributed by atoms with van der Waals surface area (Å²) in [6.45, 7) is 4.81. The lowest BCUT2D eigenvalue weighted by Crippen LogP contribution is -2.08. The molecule has 4 rings (SSSR count). The fourth-order valence-electron chi connectivity index (χ4n) is 3.44. The van der Waals surface area contributed by atoms with Gasteiger partial charge in [0.25, 0.3) is 0 Å². The number of hydrogen-bond acceptors (Lipinski definition) is 0. The second kappa shape index (κ2) is 1.61. The van der Waals surface area contributed by atoms with E-state index in [0.717, 1.165) is 29.3 Å². The third-order valence-electron chi connectivity index (χ3n) is 3.74. The topological polar surface area (TPSA) is 0 Å². The average Bonchev–Trinajstić information content (AvgIpc) is 2.33. The van der Waals surface area contributed by atoms with Crippen LogP contribution in [0.5, 0.6) is 0 Å². The normalized spacial score (nSPS) is 70.9. The van der Waals surface area contributed by atoms with Crippen LogP contribution in [0.2, 0.25) is 0 Å². The van der Waals surface area contributed by atoms with E-state index in [1.165, 1.54) is 6.42 Å². The summed E-state index contributed by atoms with van der Waals surface area (Å²) in [5.74, 6) is 3.76. The lowest BCUT2D eigenvalue weighted by molar-refractivity contribution is 0.611. The quantitative estimate of drug-likeness (QED) is 0.510. The highest BCUT2D eigenvalue weighted by atomic mass is 31.1. The van der Waals surface area contributed by atoms with Crippen LogP contribution in [0.15, 0.2) is 0 Å². The minimum absolute atomic E-state index is 0.256. The van der Waals surface area contributed by atoms with E-state index >= 15 is 0 Å². The summed E-state index contributed by atoms with van der Waals surface area (Å²) in [4.78, 5) is 0. The summed E-state index contributed by atoms with van der Waals surface area (Å²) in [6, 6.07) is 0. The first-order valence-corrected chi connectivity index (χ1v) is 6.61. The van der Waals surface area contributed by atoms with Crippen molar-refractivity contribution in [1.29, 1.82) is 0 Å². The predicted molar refractivity (Wildman–Crippen MR) is 45.8 cm³/mol. The molecule has 4 bridgehead atoms. The molecule has 0 aliphatic heterocycles. The van der Waals surface area contributed by atoms with Crippen molar-refractivity contribution in [3.05, 3.63) is 0 Å².